The first-order chi connectivity index (χ1) is 53.2. The van der Waals surface area contributed by atoms with E-state index in [2.05, 4.69) is 428 Å². The summed E-state index contributed by atoms with van der Waals surface area (Å²) in [6.07, 6.45) is 0. The van der Waals surface area contributed by atoms with E-state index in [9.17, 15) is 0 Å². The molecule has 0 N–H and O–H groups in total. The third-order valence-corrected chi connectivity index (χ3v) is 27.8. The summed E-state index contributed by atoms with van der Waals surface area (Å²) in [5, 5.41) is 11.8. The minimum atomic E-state index is -2.94. The summed E-state index contributed by atoms with van der Waals surface area (Å²) in [6.45, 7) is 15.9. The van der Waals surface area contributed by atoms with Gasteiger partial charge < -0.3 is 18.6 Å². The molecule has 0 unspecified atom stereocenters. The summed E-state index contributed by atoms with van der Waals surface area (Å²) in [4.78, 5) is 4.95. The molecule has 0 aliphatic heterocycles. The minimum Gasteiger partial charge on any atom is -0.454 e. The normalized spacial score (nSPS) is 12.8. The maximum atomic E-state index is 7.55. The van der Waals surface area contributed by atoms with Gasteiger partial charge >= 0.3 is 0 Å². The number of fused-ring (bicyclic) bond motifs is 11. The Morgan fingerprint density at radius 3 is 1.19 bits per heavy atom. The molecule has 0 spiro atoms. The number of hydrogen-bond donors (Lipinski definition) is 0. The molecule has 0 atom stereocenters. The van der Waals surface area contributed by atoms with Crippen molar-refractivity contribution in [1.29, 1.82) is 0 Å². The highest BCUT2D eigenvalue weighted by Gasteiger charge is 2.49. The summed E-state index contributed by atoms with van der Waals surface area (Å²) < 4.78 is 14.8. The van der Waals surface area contributed by atoms with Crippen molar-refractivity contribution in [2.45, 2.75) is 64.7 Å². The number of hydrogen-bond acceptors (Lipinski definition) is 4. The lowest BCUT2D eigenvalue weighted by atomic mass is 9.67. The molecule has 0 saturated carbocycles. The number of anilines is 6. The van der Waals surface area contributed by atoms with Gasteiger partial charge in [0, 0.05) is 44.0 Å². The van der Waals surface area contributed by atoms with Crippen LogP contribution >= 0.6 is 0 Å². The number of para-hydroxylation sites is 2. The quantitative estimate of drug-likeness (QED) is 0.0802. The summed E-state index contributed by atoms with van der Waals surface area (Å²) >= 11 is 0. The van der Waals surface area contributed by atoms with Crippen LogP contribution in [-0.4, -0.2) is 8.07 Å². The van der Waals surface area contributed by atoms with Crippen LogP contribution in [0.4, 0.5) is 34.1 Å². The maximum Gasteiger partial charge on any atom is 0.179 e. The molecule has 0 fully saturated rings. The number of rotatable bonds is 14. The standard InChI is InChI=1S/C104H82N2O2Si/c1-69-31-29-32-70(65-69)83-61-63-92(100-98(83)88-47-25-27-49-95(88)107-100)105(76-55-51-72(52-56-76)102(2,3)4)78-59-60-87-90(67-78)104(74-34-13-8-14-35-74,75-36-15-9-16-37-75)91-68-94(85-45-23-24-46-86(85)97(87)91)106(77-57-53-73(54-58-77)103(5,6)7)93-64-62-84(99-89-48-26-28-50-96(89)108-101(93)99)71-33-30-44-82(66-71)109(79-38-17-10-18-39-79,80-40-19-11-20-41-80)81-42-21-12-22-43-81/h8-68H,1-7H3. The van der Waals surface area contributed by atoms with E-state index in [1.807, 2.05) is 0 Å². The fourth-order valence-electron chi connectivity index (χ4n) is 18.0. The monoisotopic (exact) mass is 1420 g/mol. The van der Waals surface area contributed by atoms with Crippen LogP contribution in [0.5, 0.6) is 0 Å². The van der Waals surface area contributed by atoms with Gasteiger partial charge in [-0.2, -0.15) is 0 Å². The van der Waals surface area contributed by atoms with E-state index < -0.39 is 13.5 Å². The summed E-state index contributed by atoms with van der Waals surface area (Å²) in [5.74, 6) is 0. The van der Waals surface area contributed by atoms with Crippen molar-refractivity contribution in [2.24, 2.45) is 0 Å². The van der Waals surface area contributed by atoms with Crippen LogP contribution in [-0.2, 0) is 16.2 Å². The predicted molar refractivity (Wildman–Crippen MR) is 462 cm³/mol. The van der Waals surface area contributed by atoms with E-state index in [1.54, 1.807) is 0 Å². The van der Waals surface area contributed by atoms with Crippen LogP contribution in [0, 0.1) is 6.92 Å². The third kappa shape index (κ3) is 10.9. The Morgan fingerprint density at radius 1 is 0.294 bits per heavy atom. The van der Waals surface area contributed by atoms with Gasteiger partial charge in [-0.1, -0.05) is 350 Å². The second-order valence-corrected chi connectivity index (χ2v) is 35.3. The lowest BCUT2D eigenvalue weighted by Crippen LogP contribution is -2.74. The van der Waals surface area contributed by atoms with E-state index >= 15 is 0 Å². The largest absolute Gasteiger partial charge is 0.454 e. The molecule has 0 radical (unpaired) electrons. The summed E-state index contributed by atoms with van der Waals surface area (Å²) in [7, 11) is -2.94. The second kappa shape index (κ2) is 26.3. The Labute approximate surface area is 639 Å². The van der Waals surface area contributed by atoms with Gasteiger partial charge in [-0.3, -0.25) is 0 Å². The first kappa shape index (κ1) is 66.8. The van der Waals surface area contributed by atoms with Gasteiger partial charge in [-0.25, -0.2) is 0 Å². The highest BCUT2D eigenvalue weighted by Crippen LogP contribution is 2.62. The molecule has 5 heteroatoms. The summed E-state index contributed by atoms with van der Waals surface area (Å²) in [5.41, 5.74) is 23.5. The van der Waals surface area contributed by atoms with E-state index in [4.69, 9.17) is 8.83 Å². The first-order valence-corrected chi connectivity index (χ1v) is 40.1. The fraction of sp³-hybridized carbons (Fsp3) is 0.0962. The lowest BCUT2D eigenvalue weighted by molar-refractivity contribution is 0.590. The van der Waals surface area contributed by atoms with Gasteiger partial charge in [0.1, 0.15) is 11.2 Å². The van der Waals surface area contributed by atoms with Gasteiger partial charge in [0.2, 0.25) is 0 Å². The van der Waals surface area contributed by atoms with Crippen LogP contribution in [0.1, 0.15) is 80.5 Å². The van der Waals surface area contributed by atoms with Crippen LogP contribution in [0.2, 0.25) is 0 Å². The number of benzene rings is 16. The Morgan fingerprint density at radius 2 is 0.697 bits per heavy atom. The van der Waals surface area contributed by atoms with Crippen LogP contribution < -0.4 is 30.5 Å². The molecule has 524 valence electrons. The highest BCUT2D eigenvalue weighted by atomic mass is 28.3. The fourth-order valence-corrected chi connectivity index (χ4v) is 22.7. The molecular weight excluding hydrogens is 1340 g/mol. The maximum absolute atomic E-state index is 7.55. The van der Waals surface area contributed by atoms with Crippen molar-refractivity contribution >= 4 is 118 Å². The minimum absolute atomic E-state index is 0.0685. The molecular formula is C104H82N2O2Si. The van der Waals surface area contributed by atoms with Crippen molar-refractivity contribution in [3.8, 4) is 33.4 Å². The third-order valence-electron chi connectivity index (χ3n) is 23.0. The molecule has 16 aromatic carbocycles. The van der Waals surface area contributed by atoms with Crippen molar-refractivity contribution in [1.82, 2.24) is 0 Å². The Hall–Kier alpha value is -12.8. The Balaban J connectivity index is 0.870. The van der Waals surface area contributed by atoms with E-state index in [-0.39, 0.29) is 10.8 Å². The Bertz CT molecular complexity index is 6350. The zero-order chi connectivity index (χ0) is 73.8. The van der Waals surface area contributed by atoms with Gasteiger partial charge in [-0.05, 0) is 177 Å². The van der Waals surface area contributed by atoms with Crippen LogP contribution in [0.15, 0.2) is 379 Å². The lowest BCUT2D eigenvalue weighted by Gasteiger charge is -2.36. The molecule has 0 bridgehead atoms. The molecule has 0 saturated heterocycles. The number of aryl methyl sites for hydroxylation is 1. The average molecular weight is 1420 g/mol. The van der Waals surface area contributed by atoms with Gasteiger partial charge in [0.05, 0.1) is 22.5 Å². The van der Waals surface area contributed by atoms with Crippen LogP contribution in [0.3, 0.4) is 0 Å². The van der Waals surface area contributed by atoms with Crippen molar-refractivity contribution in [3.05, 3.63) is 409 Å². The first-order valence-electron chi connectivity index (χ1n) is 38.1. The van der Waals surface area contributed by atoms with Gasteiger partial charge in [-0.15, -0.1) is 0 Å². The molecule has 2 aromatic heterocycles. The Kier molecular flexibility index (Phi) is 16.1. The van der Waals surface area contributed by atoms with E-state index in [1.165, 1.54) is 59.7 Å². The smallest absolute Gasteiger partial charge is 0.179 e. The van der Waals surface area contributed by atoms with E-state index in [0.717, 1.165) is 122 Å². The average Bonchev–Trinajstić information content (AvgIpc) is 1.57. The molecule has 1 aliphatic carbocycles. The SMILES string of the molecule is Cc1cccc(-c2ccc(N(c3ccc(C(C)(C)C)cc3)c3ccc4c(c3)C(c3ccccc3)(c3ccccc3)c3cc(N(c5ccc(C(C)(C)C)cc5)c5ccc(-c6cccc([Si](c7ccccc7)(c7ccccc7)c7ccccc7)c6)c6c5oc5ccccc56)c5ccccc5c3-4)c3oc4ccccc4c23)c1. The van der Waals surface area contributed by atoms with E-state index in [0.29, 0.717) is 0 Å². The molecule has 109 heavy (non-hydrogen) atoms. The molecule has 4 nitrogen and oxygen atoms in total. The topological polar surface area (TPSA) is 32.8 Å². The van der Waals surface area contributed by atoms with Crippen molar-refractivity contribution in [2.75, 3.05) is 9.80 Å². The van der Waals surface area contributed by atoms with Crippen LogP contribution in [0.25, 0.3) is 88.0 Å². The molecule has 18 aromatic rings. The molecule has 2 heterocycles. The molecule has 0 amide bonds. The number of nitrogens with zero attached hydrogens (tertiary/aromatic N) is 2. The molecule has 19 rings (SSSR count). The summed E-state index contributed by atoms with van der Waals surface area (Å²) in [6, 6.07) is 138. The van der Waals surface area contributed by atoms with Gasteiger partial charge in [0.25, 0.3) is 0 Å². The predicted octanol–water partition coefficient (Wildman–Crippen LogP) is 25.6. The molecule has 1 aliphatic rings. The van der Waals surface area contributed by atoms with Gasteiger partial charge in [0.15, 0.2) is 19.2 Å². The number of furan rings is 2. The zero-order valence-electron chi connectivity index (χ0n) is 62.4. The van der Waals surface area contributed by atoms with Crippen molar-refractivity contribution in [3.63, 3.8) is 0 Å². The zero-order valence-corrected chi connectivity index (χ0v) is 63.4. The highest BCUT2D eigenvalue weighted by molar-refractivity contribution is 7.20. The van der Waals surface area contributed by atoms with Crippen molar-refractivity contribution < 1.29 is 8.83 Å². The second-order valence-electron chi connectivity index (χ2n) is 31.5.